The summed E-state index contributed by atoms with van der Waals surface area (Å²) in [6, 6.07) is 0. The molecule has 11 atom stereocenters. The van der Waals surface area contributed by atoms with E-state index in [0.29, 0.717) is 30.6 Å². The van der Waals surface area contributed by atoms with Crippen LogP contribution in [0, 0.1) is 56.7 Å². The molecule has 6 heteroatoms. The Bertz CT molecular complexity index is 1230. The topological polar surface area (TPSA) is 71.1 Å². The lowest BCUT2D eigenvalue weighted by Gasteiger charge is -2.75. The average Bonchev–Trinajstić information content (AvgIpc) is 2.95. The van der Waals surface area contributed by atoms with E-state index in [0.717, 1.165) is 37.9 Å². The molecule has 6 nitrogen and oxygen atoms in total. The van der Waals surface area contributed by atoms with Crippen molar-refractivity contribution in [2.24, 2.45) is 56.7 Å². The van der Waals surface area contributed by atoms with Gasteiger partial charge >= 0.3 is 11.9 Å². The van der Waals surface area contributed by atoms with Crippen molar-refractivity contribution in [3.05, 3.63) is 23.3 Å². The average molecular weight is 597 g/mol. The summed E-state index contributed by atoms with van der Waals surface area (Å²) in [5, 5.41) is 0. The van der Waals surface area contributed by atoms with Crippen molar-refractivity contribution in [1.82, 2.24) is 0 Å². The van der Waals surface area contributed by atoms with Crippen LogP contribution in [-0.2, 0) is 28.5 Å². The van der Waals surface area contributed by atoms with Crippen molar-refractivity contribution in [3.63, 3.8) is 0 Å². The summed E-state index contributed by atoms with van der Waals surface area (Å²) < 4.78 is 24.8. The van der Waals surface area contributed by atoms with E-state index >= 15 is 0 Å². The van der Waals surface area contributed by atoms with Crippen LogP contribution in [0.25, 0.3) is 0 Å². The Kier molecular flexibility index (Phi) is 7.23. The lowest BCUT2D eigenvalue weighted by Crippen LogP contribution is -2.74. The number of hydrogen-bond acceptors (Lipinski definition) is 6. The van der Waals surface area contributed by atoms with Gasteiger partial charge in [-0.25, -0.2) is 4.79 Å². The molecule has 43 heavy (non-hydrogen) atoms. The van der Waals surface area contributed by atoms with Crippen molar-refractivity contribution >= 4 is 11.9 Å². The van der Waals surface area contributed by atoms with E-state index in [9.17, 15) is 9.59 Å². The Morgan fingerprint density at radius 1 is 0.977 bits per heavy atom. The summed E-state index contributed by atoms with van der Waals surface area (Å²) in [4.78, 5) is 27.1. The van der Waals surface area contributed by atoms with Crippen LogP contribution in [0.2, 0.25) is 0 Å². The summed E-state index contributed by atoms with van der Waals surface area (Å²) in [5.74, 6) is 0.577. The fourth-order valence-corrected chi connectivity index (χ4v) is 12.5. The molecule has 2 saturated heterocycles. The summed E-state index contributed by atoms with van der Waals surface area (Å²) in [7, 11) is 3.33. The number of ether oxygens (including phenoxy) is 4. The van der Waals surface area contributed by atoms with Gasteiger partial charge in [0.05, 0.1) is 13.7 Å². The Morgan fingerprint density at radius 2 is 1.70 bits per heavy atom. The number of hydrogen-bond donors (Lipinski definition) is 0. The summed E-state index contributed by atoms with van der Waals surface area (Å²) >= 11 is 0. The minimum absolute atomic E-state index is 0.0218. The number of carbonyl (C=O) groups is 2. The molecule has 0 N–H and O–H groups in total. The third-order valence-corrected chi connectivity index (χ3v) is 15.0. The van der Waals surface area contributed by atoms with Crippen molar-refractivity contribution in [2.45, 2.75) is 119 Å². The molecule has 7 rings (SSSR count). The van der Waals surface area contributed by atoms with Crippen LogP contribution in [0.1, 0.15) is 107 Å². The number of esters is 2. The molecule has 240 valence electrons. The van der Waals surface area contributed by atoms with Crippen LogP contribution < -0.4 is 0 Å². The first-order chi connectivity index (χ1) is 20.1. The van der Waals surface area contributed by atoms with Crippen LogP contribution >= 0.6 is 0 Å². The monoisotopic (exact) mass is 596 g/mol. The highest BCUT2D eigenvalue weighted by Crippen LogP contribution is 2.78. The lowest BCUT2D eigenvalue weighted by molar-refractivity contribution is -0.402. The van der Waals surface area contributed by atoms with Gasteiger partial charge in [-0.1, -0.05) is 58.8 Å². The first kappa shape index (κ1) is 31.3. The van der Waals surface area contributed by atoms with Gasteiger partial charge in [-0.05, 0) is 93.3 Å². The predicted molar refractivity (Wildman–Crippen MR) is 166 cm³/mol. The van der Waals surface area contributed by atoms with E-state index in [1.54, 1.807) is 6.08 Å². The number of fused-ring (bicyclic) bond motifs is 7. The Balaban J connectivity index is 1.45. The molecule has 2 bridgehead atoms. The van der Waals surface area contributed by atoms with Gasteiger partial charge in [-0.2, -0.15) is 0 Å². The number of allylic oxidation sites excluding steroid dienone is 3. The van der Waals surface area contributed by atoms with E-state index in [4.69, 9.17) is 18.9 Å². The fourth-order valence-electron chi connectivity index (χ4n) is 12.5. The SMILES string of the molecule is COC(=O)[C@@]12CC[C@]3(C)C(=CCC4[C@]56CC[C@@](OC)(OC5)C(C)(C)C6CC[C@]43C)[C@@H]1[C@@H](C)[C@H](C)C[C@H]2OC(=O)C=C(C)C. The van der Waals surface area contributed by atoms with Gasteiger partial charge in [0.1, 0.15) is 11.5 Å². The van der Waals surface area contributed by atoms with E-state index in [-0.39, 0.29) is 45.4 Å². The molecule has 5 aliphatic carbocycles. The van der Waals surface area contributed by atoms with E-state index in [1.807, 2.05) is 21.0 Å². The highest BCUT2D eigenvalue weighted by molar-refractivity contribution is 5.84. The van der Waals surface area contributed by atoms with E-state index < -0.39 is 17.3 Å². The van der Waals surface area contributed by atoms with Crippen molar-refractivity contribution in [3.8, 4) is 0 Å². The first-order valence-corrected chi connectivity index (χ1v) is 16.9. The zero-order chi connectivity index (χ0) is 31.4. The van der Waals surface area contributed by atoms with Crippen LogP contribution in [0.5, 0.6) is 0 Å². The molecule has 1 spiro atoms. The third kappa shape index (κ3) is 3.77. The quantitative estimate of drug-likeness (QED) is 0.189. The minimum Gasteiger partial charge on any atom is -0.468 e. The highest BCUT2D eigenvalue weighted by Gasteiger charge is 2.75. The van der Waals surface area contributed by atoms with Crippen molar-refractivity contribution < 1.29 is 28.5 Å². The number of carbonyl (C=O) groups excluding carboxylic acids is 2. The maximum atomic E-state index is 14.1. The third-order valence-electron chi connectivity index (χ3n) is 15.0. The predicted octanol–water partition coefficient (Wildman–Crippen LogP) is 7.66. The molecule has 4 saturated carbocycles. The maximum Gasteiger partial charge on any atom is 0.330 e. The van der Waals surface area contributed by atoms with Gasteiger partial charge in [-0.3, -0.25) is 4.79 Å². The van der Waals surface area contributed by atoms with Crippen molar-refractivity contribution in [2.75, 3.05) is 20.8 Å². The minimum atomic E-state index is -0.866. The standard InChI is InChI=1S/C37H56O6/c1-22(2)19-29(38)43-28-20-23(3)24(4)30-25-11-12-27-34(8,33(25,7)15-17-36(28,30)31(39)40-9)14-13-26-32(5,6)37(41-10)18-16-35(26,27)21-42-37/h11,19,23-24,26-28,30H,12-18,20-21H2,1-10H3/t23-,24+,26?,27?,28-,30+,33-,34-,35-,36-,37-/m1/s1. The van der Waals surface area contributed by atoms with Crippen LogP contribution in [0.15, 0.2) is 23.3 Å². The maximum absolute atomic E-state index is 14.1. The fraction of sp³-hybridized carbons (Fsp3) is 0.838. The van der Waals surface area contributed by atoms with Gasteiger partial charge in [0.25, 0.3) is 0 Å². The summed E-state index contributed by atoms with van der Waals surface area (Å²) in [6.07, 6.45) is 11.3. The molecule has 0 radical (unpaired) electrons. The molecule has 2 heterocycles. The second kappa shape index (κ2) is 9.92. The van der Waals surface area contributed by atoms with E-state index in [1.165, 1.54) is 25.5 Å². The smallest absolute Gasteiger partial charge is 0.330 e. The Morgan fingerprint density at radius 3 is 2.30 bits per heavy atom. The zero-order valence-corrected chi connectivity index (χ0v) is 28.4. The molecular formula is C37H56O6. The highest BCUT2D eigenvalue weighted by atomic mass is 16.7. The normalized spacial score (nSPS) is 49.3. The molecule has 6 fully saturated rings. The second-order valence-electron chi connectivity index (χ2n) is 16.7. The zero-order valence-electron chi connectivity index (χ0n) is 28.4. The number of methoxy groups -OCH3 is 2. The summed E-state index contributed by atoms with van der Waals surface area (Å²) in [5.41, 5.74) is 1.56. The largest absolute Gasteiger partial charge is 0.468 e. The van der Waals surface area contributed by atoms with Crippen LogP contribution in [0.3, 0.4) is 0 Å². The van der Waals surface area contributed by atoms with Gasteiger partial charge in [0.2, 0.25) is 0 Å². The summed E-state index contributed by atoms with van der Waals surface area (Å²) in [6.45, 7) is 19.0. The molecule has 7 aliphatic rings. The van der Waals surface area contributed by atoms with E-state index in [2.05, 4.69) is 47.6 Å². The van der Waals surface area contributed by atoms with Gasteiger partial charge in [0, 0.05) is 36.4 Å². The molecule has 0 aromatic rings. The van der Waals surface area contributed by atoms with Gasteiger partial charge in [0.15, 0.2) is 5.79 Å². The molecule has 2 unspecified atom stereocenters. The first-order valence-electron chi connectivity index (χ1n) is 16.9. The van der Waals surface area contributed by atoms with Crippen LogP contribution in [0.4, 0.5) is 0 Å². The van der Waals surface area contributed by atoms with Gasteiger partial charge in [-0.15, -0.1) is 0 Å². The van der Waals surface area contributed by atoms with Crippen molar-refractivity contribution in [1.29, 1.82) is 0 Å². The second-order valence-corrected chi connectivity index (χ2v) is 16.7. The molecular weight excluding hydrogens is 540 g/mol. The molecule has 2 aliphatic heterocycles. The Labute approximate surface area is 259 Å². The number of rotatable bonds is 4. The lowest BCUT2D eigenvalue weighted by atomic mass is 9.32. The molecule has 0 amide bonds. The Hall–Kier alpha value is -1.66. The van der Waals surface area contributed by atoms with Crippen LogP contribution in [-0.4, -0.2) is 44.7 Å². The molecule has 0 aromatic heterocycles. The molecule has 0 aromatic carbocycles. The van der Waals surface area contributed by atoms with Gasteiger partial charge < -0.3 is 18.9 Å².